The SMILES string of the molecule is O=S(=O)(Cc1ccccc1F)NCc1ccccc1CO. The van der Waals surface area contributed by atoms with E-state index >= 15 is 0 Å². The van der Waals surface area contributed by atoms with E-state index in [0.717, 1.165) is 0 Å². The van der Waals surface area contributed by atoms with Crippen LogP contribution in [0.2, 0.25) is 0 Å². The van der Waals surface area contributed by atoms with Crippen molar-refractivity contribution in [2.24, 2.45) is 0 Å². The first-order valence-electron chi connectivity index (χ1n) is 6.40. The van der Waals surface area contributed by atoms with E-state index < -0.39 is 21.6 Å². The number of rotatable bonds is 6. The molecule has 112 valence electrons. The van der Waals surface area contributed by atoms with Gasteiger partial charge in [-0.2, -0.15) is 0 Å². The molecular weight excluding hydrogens is 293 g/mol. The number of nitrogens with one attached hydrogen (secondary N) is 1. The summed E-state index contributed by atoms with van der Waals surface area (Å²) >= 11 is 0. The van der Waals surface area contributed by atoms with Crippen LogP contribution < -0.4 is 4.72 Å². The minimum atomic E-state index is -3.65. The molecule has 0 bridgehead atoms. The van der Waals surface area contributed by atoms with Crippen molar-refractivity contribution in [3.8, 4) is 0 Å². The molecule has 0 radical (unpaired) electrons. The van der Waals surface area contributed by atoms with Crippen LogP contribution in [-0.2, 0) is 28.9 Å². The van der Waals surface area contributed by atoms with Crippen LogP contribution in [0.25, 0.3) is 0 Å². The molecule has 2 rings (SSSR count). The molecule has 21 heavy (non-hydrogen) atoms. The molecule has 2 N–H and O–H groups in total. The summed E-state index contributed by atoms with van der Waals surface area (Å²) in [6.45, 7) is -0.0985. The van der Waals surface area contributed by atoms with E-state index in [1.807, 2.05) is 0 Å². The van der Waals surface area contributed by atoms with Gasteiger partial charge in [-0.1, -0.05) is 42.5 Å². The van der Waals surface area contributed by atoms with E-state index in [4.69, 9.17) is 0 Å². The van der Waals surface area contributed by atoms with Crippen molar-refractivity contribution in [3.63, 3.8) is 0 Å². The highest BCUT2D eigenvalue weighted by Crippen LogP contribution is 2.12. The van der Waals surface area contributed by atoms with Gasteiger partial charge in [0.2, 0.25) is 10.0 Å². The lowest BCUT2D eigenvalue weighted by molar-refractivity contribution is 0.280. The highest BCUT2D eigenvalue weighted by Gasteiger charge is 2.14. The summed E-state index contributed by atoms with van der Waals surface area (Å²) in [5.74, 6) is -0.959. The smallest absolute Gasteiger partial charge is 0.216 e. The van der Waals surface area contributed by atoms with Crippen molar-refractivity contribution < 1.29 is 17.9 Å². The average molecular weight is 309 g/mol. The molecule has 2 aromatic carbocycles. The first kappa shape index (κ1) is 15.6. The topological polar surface area (TPSA) is 66.4 Å². The maximum atomic E-state index is 13.5. The Kier molecular flexibility index (Phi) is 5.06. The molecule has 0 aromatic heterocycles. The minimum absolute atomic E-state index is 0.0630. The van der Waals surface area contributed by atoms with Gasteiger partial charge in [0.25, 0.3) is 0 Å². The number of aliphatic hydroxyl groups excluding tert-OH is 1. The molecule has 0 spiro atoms. The molecule has 0 atom stereocenters. The van der Waals surface area contributed by atoms with Crippen molar-refractivity contribution in [2.45, 2.75) is 18.9 Å². The van der Waals surface area contributed by atoms with Crippen LogP contribution in [-0.4, -0.2) is 13.5 Å². The molecule has 0 aliphatic carbocycles. The Balaban J connectivity index is 2.07. The summed E-state index contributed by atoms with van der Waals surface area (Å²) < 4.78 is 39.9. The number of aliphatic hydroxyl groups is 1. The predicted molar refractivity (Wildman–Crippen MR) is 78.2 cm³/mol. The Morgan fingerprint density at radius 1 is 0.952 bits per heavy atom. The molecule has 0 heterocycles. The van der Waals surface area contributed by atoms with Gasteiger partial charge in [-0.25, -0.2) is 17.5 Å². The third kappa shape index (κ3) is 4.35. The first-order chi connectivity index (χ1) is 10.0. The highest BCUT2D eigenvalue weighted by atomic mass is 32.2. The fourth-order valence-electron chi connectivity index (χ4n) is 1.94. The number of benzene rings is 2. The Morgan fingerprint density at radius 3 is 2.14 bits per heavy atom. The molecule has 0 aliphatic heterocycles. The van der Waals surface area contributed by atoms with E-state index in [9.17, 15) is 17.9 Å². The molecule has 0 saturated heterocycles. The molecule has 0 saturated carbocycles. The van der Waals surface area contributed by atoms with Gasteiger partial charge in [0.1, 0.15) is 5.82 Å². The number of sulfonamides is 1. The molecule has 4 nitrogen and oxygen atoms in total. The Labute approximate surface area is 123 Å². The summed E-state index contributed by atoms with van der Waals surface area (Å²) in [5.41, 5.74) is 1.48. The van der Waals surface area contributed by atoms with Crippen molar-refractivity contribution in [1.82, 2.24) is 4.72 Å². The monoisotopic (exact) mass is 309 g/mol. The Hall–Kier alpha value is -1.76. The zero-order chi connectivity index (χ0) is 15.3. The standard InChI is InChI=1S/C15H16FNO3S/c16-15-8-4-3-7-14(15)11-21(19,20)17-9-12-5-1-2-6-13(12)10-18/h1-8,17-18H,9-11H2. The third-order valence-corrected chi connectivity index (χ3v) is 4.35. The number of hydrogen-bond acceptors (Lipinski definition) is 3. The van der Waals surface area contributed by atoms with Gasteiger partial charge in [0.15, 0.2) is 0 Å². The fourth-order valence-corrected chi connectivity index (χ4v) is 3.06. The van der Waals surface area contributed by atoms with Gasteiger partial charge in [0, 0.05) is 12.1 Å². The largest absolute Gasteiger partial charge is 0.392 e. The van der Waals surface area contributed by atoms with Gasteiger partial charge in [0.05, 0.1) is 12.4 Å². The Bertz CT molecular complexity index is 716. The van der Waals surface area contributed by atoms with E-state index in [1.54, 1.807) is 30.3 Å². The van der Waals surface area contributed by atoms with Crippen LogP contribution in [0.4, 0.5) is 4.39 Å². The van der Waals surface area contributed by atoms with E-state index in [-0.39, 0.29) is 18.7 Å². The normalized spacial score (nSPS) is 11.5. The lowest BCUT2D eigenvalue weighted by Gasteiger charge is -2.10. The quantitative estimate of drug-likeness (QED) is 0.857. The summed E-state index contributed by atoms with van der Waals surface area (Å²) in [6.07, 6.45) is 0. The van der Waals surface area contributed by atoms with E-state index in [2.05, 4.69) is 4.72 Å². The zero-order valence-electron chi connectivity index (χ0n) is 11.3. The summed E-state index contributed by atoms with van der Waals surface area (Å²) in [7, 11) is -3.65. The molecule has 0 unspecified atom stereocenters. The van der Waals surface area contributed by atoms with E-state index in [1.165, 1.54) is 18.2 Å². The van der Waals surface area contributed by atoms with Gasteiger partial charge in [-0.3, -0.25) is 0 Å². The summed E-state index contributed by atoms with van der Waals surface area (Å²) in [6, 6.07) is 12.8. The van der Waals surface area contributed by atoms with E-state index in [0.29, 0.717) is 11.1 Å². The molecule has 0 fully saturated rings. The second kappa shape index (κ2) is 6.80. The maximum absolute atomic E-state index is 13.5. The Morgan fingerprint density at radius 2 is 1.52 bits per heavy atom. The molecular formula is C15H16FNO3S. The maximum Gasteiger partial charge on any atom is 0.216 e. The zero-order valence-corrected chi connectivity index (χ0v) is 12.1. The van der Waals surface area contributed by atoms with Crippen LogP contribution in [0.15, 0.2) is 48.5 Å². The first-order valence-corrected chi connectivity index (χ1v) is 8.05. The van der Waals surface area contributed by atoms with Crippen molar-refractivity contribution in [2.75, 3.05) is 0 Å². The molecule has 2 aromatic rings. The second-order valence-corrected chi connectivity index (χ2v) is 6.41. The third-order valence-electron chi connectivity index (χ3n) is 3.07. The highest BCUT2D eigenvalue weighted by molar-refractivity contribution is 7.88. The van der Waals surface area contributed by atoms with Crippen LogP contribution >= 0.6 is 0 Å². The lowest BCUT2D eigenvalue weighted by Crippen LogP contribution is -2.25. The number of halogens is 1. The lowest BCUT2D eigenvalue weighted by atomic mass is 10.1. The van der Waals surface area contributed by atoms with Crippen LogP contribution in [0.5, 0.6) is 0 Å². The van der Waals surface area contributed by atoms with Crippen molar-refractivity contribution in [3.05, 3.63) is 71.0 Å². The van der Waals surface area contributed by atoms with Gasteiger partial charge in [-0.05, 0) is 17.2 Å². The fraction of sp³-hybridized carbons (Fsp3) is 0.200. The van der Waals surface area contributed by atoms with Crippen molar-refractivity contribution in [1.29, 1.82) is 0 Å². The number of hydrogen-bond donors (Lipinski definition) is 2. The molecule has 0 aliphatic rings. The van der Waals surface area contributed by atoms with Crippen LogP contribution in [0, 0.1) is 5.82 Å². The van der Waals surface area contributed by atoms with Crippen LogP contribution in [0.3, 0.4) is 0 Å². The minimum Gasteiger partial charge on any atom is -0.392 e. The summed E-state index contributed by atoms with van der Waals surface area (Å²) in [4.78, 5) is 0. The van der Waals surface area contributed by atoms with Gasteiger partial charge in [-0.15, -0.1) is 0 Å². The average Bonchev–Trinajstić information content (AvgIpc) is 2.48. The predicted octanol–water partition coefficient (Wildman–Crippen LogP) is 1.94. The molecule has 0 amide bonds. The second-order valence-electron chi connectivity index (χ2n) is 4.60. The van der Waals surface area contributed by atoms with Gasteiger partial charge >= 0.3 is 0 Å². The van der Waals surface area contributed by atoms with Gasteiger partial charge < -0.3 is 5.11 Å². The van der Waals surface area contributed by atoms with Crippen LogP contribution in [0.1, 0.15) is 16.7 Å². The van der Waals surface area contributed by atoms with Crippen molar-refractivity contribution >= 4 is 10.0 Å². The molecule has 6 heteroatoms. The summed E-state index contributed by atoms with van der Waals surface area (Å²) in [5, 5.41) is 9.19.